The molecule has 2 aliphatic rings. The highest BCUT2D eigenvalue weighted by Crippen LogP contribution is 2.19. The van der Waals surface area contributed by atoms with E-state index in [0.717, 1.165) is 12.1 Å². The predicted molar refractivity (Wildman–Crippen MR) is 46.7 cm³/mol. The number of nitrogens with one attached hydrogen (secondary N) is 2. The number of rotatable bonds is 0. The maximum absolute atomic E-state index is 3.62. The van der Waals surface area contributed by atoms with Crippen molar-refractivity contribution in [2.24, 2.45) is 0 Å². The van der Waals surface area contributed by atoms with Crippen molar-refractivity contribution in [3.63, 3.8) is 0 Å². The highest BCUT2D eigenvalue weighted by molar-refractivity contribution is 4.87. The highest BCUT2D eigenvalue weighted by Gasteiger charge is 2.25. The lowest BCUT2D eigenvalue weighted by atomic mass is 9.91. The van der Waals surface area contributed by atoms with Gasteiger partial charge in [-0.2, -0.15) is 0 Å². The summed E-state index contributed by atoms with van der Waals surface area (Å²) < 4.78 is 0. The van der Waals surface area contributed by atoms with Gasteiger partial charge in [0.15, 0.2) is 0 Å². The molecule has 1 heterocycles. The molecule has 11 heavy (non-hydrogen) atoms. The average molecular weight is 154 g/mol. The molecule has 2 atom stereocenters. The average Bonchev–Trinajstić information content (AvgIpc) is 2.28. The van der Waals surface area contributed by atoms with Crippen LogP contribution in [-0.4, -0.2) is 25.2 Å². The normalized spacial score (nSPS) is 39.3. The standard InChI is InChI=1S/C9H18N2/c1-2-5-9-8(4-1)10-6-3-7-11-9/h8-11H,1-7H2. The molecule has 2 rings (SSSR count). The van der Waals surface area contributed by atoms with Gasteiger partial charge in [0.05, 0.1) is 0 Å². The molecule has 0 aromatic rings. The zero-order valence-electron chi connectivity index (χ0n) is 7.10. The van der Waals surface area contributed by atoms with Crippen LogP contribution in [0.2, 0.25) is 0 Å². The topological polar surface area (TPSA) is 24.1 Å². The molecular weight excluding hydrogens is 136 g/mol. The van der Waals surface area contributed by atoms with Gasteiger partial charge in [-0.05, 0) is 32.4 Å². The fourth-order valence-electron chi connectivity index (χ4n) is 2.28. The van der Waals surface area contributed by atoms with Gasteiger partial charge < -0.3 is 10.6 Å². The Hall–Kier alpha value is -0.0800. The van der Waals surface area contributed by atoms with Gasteiger partial charge in [0, 0.05) is 12.1 Å². The van der Waals surface area contributed by atoms with Crippen LogP contribution < -0.4 is 10.6 Å². The molecule has 0 aromatic heterocycles. The molecule has 64 valence electrons. The number of hydrogen-bond donors (Lipinski definition) is 2. The van der Waals surface area contributed by atoms with Gasteiger partial charge >= 0.3 is 0 Å². The molecule has 1 saturated carbocycles. The van der Waals surface area contributed by atoms with Crippen LogP contribution >= 0.6 is 0 Å². The summed E-state index contributed by atoms with van der Waals surface area (Å²) in [4.78, 5) is 0. The summed E-state index contributed by atoms with van der Waals surface area (Å²) in [5.74, 6) is 0. The van der Waals surface area contributed by atoms with Crippen LogP contribution in [0.15, 0.2) is 0 Å². The predicted octanol–water partition coefficient (Wildman–Crippen LogP) is 0.880. The monoisotopic (exact) mass is 154 g/mol. The van der Waals surface area contributed by atoms with E-state index in [1.807, 2.05) is 0 Å². The molecule has 2 unspecified atom stereocenters. The van der Waals surface area contributed by atoms with E-state index < -0.39 is 0 Å². The maximum Gasteiger partial charge on any atom is 0.0221 e. The Morgan fingerprint density at radius 1 is 0.727 bits per heavy atom. The molecule has 2 fully saturated rings. The van der Waals surface area contributed by atoms with Crippen LogP contribution in [0, 0.1) is 0 Å². The molecule has 1 aliphatic carbocycles. The quantitative estimate of drug-likeness (QED) is 0.541. The van der Waals surface area contributed by atoms with Crippen LogP contribution in [0.5, 0.6) is 0 Å². The molecule has 0 bridgehead atoms. The van der Waals surface area contributed by atoms with Crippen LogP contribution in [0.3, 0.4) is 0 Å². The fraction of sp³-hybridized carbons (Fsp3) is 1.00. The van der Waals surface area contributed by atoms with Gasteiger partial charge in [0.1, 0.15) is 0 Å². The Balaban J connectivity index is 1.93. The second kappa shape index (κ2) is 3.55. The summed E-state index contributed by atoms with van der Waals surface area (Å²) in [7, 11) is 0. The Kier molecular flexibility index (Phi) is 2.44. The van der Waals surface area contributed by atoms with Gasteiger partial charge in [-0.3, -0.25) is 0 Å². The smallest absolute Gasteiger partial charge is 0.0221 e. The lowest BCUT2D eigenvalue weighted by molar-refractivity contribution is 0.309. The van der Waals surface area contributed by atoms with Crippen molar-refractivity contribution in [2.45, 2.75) is 44.2 Å². The van der Waals surface area contributed by atoms with Crippen molar-refractivity contribution in [3.8, 4) is 0 Å². The Bertz CT molecular complexity index is 111. The van der Waals surface area contributed by atoms with Crippen molar-refractivity contribution >= 4 is 0 Å². The van der Waals surface area contributed by atoms with Crippen LogP contribution in [0.4, 0.5) is 0 Å². The molecule has 2 heteroatoms. The minimum atomic E-state index is 0.784. The third-order valence-electron chi connectivity index (χ3n) is 2.93. The van der Waals surface area contributed by atoms with Crippen LogP contribution in [0.25, 0.3) is 0 Å². The minimum Gasteiger partial charge on any atom is -0.312 e. The Morgan fingerprint density at radius 3 is 1.82 bits per heavy atom. The lowest BCUT2D eigenvalue weighted by Crippen LogP contribution is -2.47. The molecule has 1 saturated heterocycles. The summed E-state index contributed by atoms with van der Waals surface area (Å²) in [6.07, 6.45) is 6.92. The first kappa shape index (κ1) is 7.56. The molecule has 2 N–H and O–H groups in total. The van der Waals surface area contributed by atoms with E-state index in [2.05, 4.69) is 10.6 Å². The maximum atomic E-state index is 3.62. The largest absolute Gasteiger partial charge is 0.312 e. The first-order chi connectivity index (χ1) is 5.47. The first-order valence-electron chi connectivity index (χ1n) is 4.93. The Morgan fingerprint density at radius 2 is 1.27 bits per heavy atom. The van der Waals surface area contributed by atoms with Crippen molar-refractivity contribution in [3.05, 3.63) is 0 Å². The molecule has 0 radical (unpaired) electrons. The summed E-state index contributed by atoms with van der Waals surface area (Å²) in [5.41, 5.74) is 0. The van der Waals surface area contributed by atoms with E-state index in [9.17, 15) is 0 Å². The SMILES string of the molecule is C1CNC2CCCCC2NC1. The zero-order chi connectivity index (χ0) is 7.52. The van der Waals surface area contributed by atoms with E-state index in [4.69, 9.17) is 0 Å². The van der Waals surface area contributed by atoms with Gasteiger partial charge in [0.2, 0.25) is 0 Å². The second-order valence-electron chi connectivity index (χ2n) is 3.76. The number of hydrogen-bond acceptors (Lipinski definition) is 2. The zero-order valence-corrected chi connectivity index (χ0v) is 7.10. The Labute approximate surface area is 68.7 Å². The van der Waals surface area contributed by atoms with Crippen molar-refractivity contribution < 1.29 is 0 Å². The van der Waals surface area contributed by atoms with Crippen molar-refractivity contribution in [2.75, 3.05) is 13.1 Å². The summed E-state index contributed by atoms with van der Waals surface area (Å²) in [6.45, 7) is 2.43. The third kappa shape index (κ3) is 1.74. The molecule has 0 spiro atoms. The second-order valence-corrected chi connectivity index (χ2v) is 3.76. The van der Waals surface area contributed by atoms with Gasteiger partial charge in [-0.25, -0.2) is 0 Å². The molecule has 1 aliphatic heterocycles. The van der Waals surface area contributed by atoms with E-state index in [0.29, 0.717) is 0 Å². The summed E-state index contributed by atoms with van der Waals surface area (Å²) in [6, 6.07) is 1.57. The van der Waals surface area contributed by atoms with Gasteiger partial charge in [0.25, 0.3) is 0 Å². The molecule has 0 amide bonds. The fourth-order valence-corrected chi connectivity index (χ4v) is 2.28. The molecule has 2 nitrogen and oxygen atoms in total. The molecular formula is C9H18N2. The summed E-state index contributed by atoms with van der Waals surface area (Å²) in [5, 5.41) is 7.24. The first-order valence-corrected chi connectivity index (χ1v) is 4.93. The highest BCUT2D eigenvalue weighted by atomic mass is 15.0. The summed E-state index contributed by atoms with van der Waals surface area (Å²) >= 11 is 0. The molecule has 0 aromatic carbocycles. The van der Waals surface area contributed by atoms with E-state index >= 15 is 0 Å². The minimum absolute atomic E-state index is 0.784. The van der Waals surface area contributed by atoms with Gasteiger partial charge in [-0.15, -0.1) is 0 Å². The van der Waals surface area contributed by atoms with Crippen molar-refractivity contribution in [1.29, 1.82) is 0 Å². The van der Waals surface area contributed by atoms with E-state index in [1.54, 1.807) is 0 Å². The van der Waals surface area contributed by atoms with Gasteiger partial charge in [-0.1, -0.05) is 12.8 Å². The van der Waals surface area contributed by atoms with Crippen LogP contribution in [0.1, 0.15) is 32.1 Å². The van der Waals surface area contributed by atoms with E-state index in [-0.39, 0.29) is 0 Å². The van der Waals surface area contributed by atoms with E-state index in [1.165, 1.54) is 45.2 Å². The van der Waals surface area contributed by atoms with Crippen molar-refractivity contribution in [1.82, 2.24) is 10.6 Å². The third-order valence-corrected chi connectivity index (χ3v) is 2.93. The lowest BCUT2D eigenvalue weighted by Gasteiger charge is -2.30. The van der Waals surface area contributed by atoms with Crippen LogP contribution in [-0.2, 0) is 0 Å². The number of fused-ring (bicyclic) bond motifs is 1.